The molecule has 2 amide bonds. The summed E-state index contributed by atoms with van der Waals surface area (Å²) in [6.45, 7) is 2.96. The molecular weight excluding hydrogens is 464 g/mol. The van der Waals surface area contributed by atoms with Gasteiger partial charge in [-0.2, -0.15) is 0 Å². The first-order chi connectivity index (χ1) is 16.9. The summed E-state index contributed by atoms with van der Waals surface area (Å²) in [5, 5.41) is 9.79. The number of ether oxygens (including phenoxy) is 1. The van der Waals surface area contributed by atoms with Gasteiger partial charge in [0.15, 0.2) is 0 Å². The topological polar surface area (TPSA) is 87.1 Å². The van der Waals surface area contributed by atoms with Crippen LogP contribution in [0.1, 0.15) is 31.7 Å². The summed E-state index contributed by atoms with van der Waals surface area (Å²) in [6, 6.07) is 8.98. The highest BCUT2D eigenvalue weighted by molar-refractivity contribution is 8.02. The summed E-state index contributed by atoms with van der Waals surface area (Å²) in [5.74, 6) is -2.23. The predicted molar refractivity (Wildman–Crippen MR) is 133 cm³/mol. The SMILES string of the molecule is C[C@@]12/C=C\CCCCOC(=O)[C@@H]1[C@H]1C(=O)N(CCO)C3C(=O)N(Cc4ccccc4)CC=C[C@@]31S2. The van der Waals surface area contributed by atoms with Gasteiger partial charge in [-0.3, -0.25) is 14.4 Å². The molecule has 35 heavy (non-hydrogen) atoms. The van der Waals surface area contributed by atoms with E-state index in [9.17, 15) is 19.5 Å². The van der Waals surface area contributed by atoms with Gasteiger partial charge in [0.25, 0.3) is 0 Å². The zero-order chi connectivity index (χ0) is 24.6. The van der Waals surface area contributed by atoms with Crippen molar-refractivity contribution in [3.8, 4) is 0 Å². The van der Waals surface area contributed by atoms with Crippen molar-refractivity contribution in [2.24, 2.45) is 11.8 Å². The fourth-order valence-electron chi connectivity index (χ4n) is 6.14. The summed E-state index contributed by atoms with van der Waals surface area (Å²) in [6.07, 6.45) is 10.7. The molecule has 5 atom stereocenters. The van der Waals surface area contributed by atoms with E-state index in [1.807, 2.05) is 55.5 Å². The number of cyclic esters (lactones) is 1. The van der Waals surface area contributed by atoms with Crippen molar-refractivity contribution < 1.29 is 24.2 Å². The Hall–Kier alpha value is -2.58. The summed E-state index contributed by atoms with van der Waals surface area (Å²) in [7, 11) is 0. The van der Waals surface area contributed by atoms with E-state index in [2.05, 4.69) is 6.08 Å². The zero-order valence-corrected chi connectivity index (χ0v) is 20.8. The van der Waals surface area contributed by atoms with Gasteiger partial charge < -0.3 is 19.6 Å². The Bertz CT molecular complexity index is 1060. The van der Waals surface area contributed by atoms with Gasteiger partial charge in [-0.05, 0) is 31.7 Å². The molecule has 5 rings (SSSR count). The average Bonchev–Trinajstić information content (AvgIpc) is 3.17. The van der Waals surface area contributed by atoms with Gasteiger partial charge in [0, 0.05) is 24.4 Å². The Kier molecular flexibility index (Phi) is 6.53. The highest BCUT2D eigenvalue weighted by Gasteiger charge is 2.73. The molecule has 7 nitrogen and oxygen atoms in total. The second-order valence-corrected chi connectivity index (χ2v) is 11.7. The van der Waals surface area contributed by atoms with Crippen LogP contribution in [0, 0.1) is 11.8 Å². The molecule has 1 unspecified atom stereocenters. The maximum atomic E-state index is 14.1. The molecule has 1 spiro atoms. The van der Waals surface area contributed by atoms with Crippen LogP contribution in [-0.4, -0.2) is 74.5 Å². The quantitative estimate of drug-likeness (QED) is 0.509. The highest BCUT2D eigenvalue weighted by atomic mass is 32.2. The number of thioether (sulfide) groups is 1. The number of likely N-dealkylation sites (tertiary alicyclic amines) is 1. The third kappa shape index (κ3) is 4.00. The summed E-state index contributed by atoms with van der Waals surface area (Å²) < 4.78 is 4.06. The van der Waals surface area contributed by atoms with E-state index in [0.717, 1.165) is 24.8 Å². The molecule has 4 aliphatic rings. The molecular formula is C27H32N2O5S. The van der Waals surface area contributed by atoms with E-state index in [0.29, 0.717) is 19.7 Å². The van der Waals surface area contributed by atoms with Crippen molar-refractivity contribution in [3.05, 3.63) is 60.2 Å². The van der Waals surface area contributed by atoms with E-state index in [1.54, 1.807) is 4.90 Å². The number of allylic oxidation sites excluding steroid dienone is 1. The van der Waals surface area contributed by atoms with Gasteiger partial charge in [-0.1, -0.05) is 54.6 Å². The lowest BCUT2D eigenvalue weighted by Gasteiger charge is -2.36. The van der Waals surface area contributed by atoms with Crippen LogP contribution in [0.15, 0.2) is 54.6 Å². The lowest BCUT2D eigenvalue weighted by molar-refractivity contribution is -0.154. The second kappa shape index (κ2) is 9.47. The molecule has 8 heteroatoms. The zero-order valence-electron chi connectivity index (χ0n) is 20.0. The highest BCUT2D eigenvalue weighted by Crippen LogP contribution is 2.65. The number of carbonyl (C=O) groups excluding carboxylic acids is 3. The van der Waals surface area contributed by atoms with Crippen molar-refractivity contribution in [1.82, 2.24) is 9.80 Å². The van der Waals surface area contributed by atoms with Gasteiger partial charge in [0.1, 0.15) is 6.04 Å². The molecule has 4 aliphatic heterocycles. The van der Waals surface area contributed by atoms with Crippen LogP contribution in [0.5, 0.6) is 0 Å². The standard InChI is InChI=1S/C27H32N2O5S/c1-26-12-7-2-3-8-17-34-25(33)21(26)20-23(31)29(15-16-30)22-24(32)28(14-9-13-27(20,22)35-26)18-19-10-5-4-6-11-19/h4-7,9-13,20-22,30H,2-3,8,14-18H2,1H3/b12-7-/t20-,21-,22?,26+,27-/m0/s1. The maximum Gasteiger partial charge on any atom is 0.311 e. The number of benzene rings is 1. The molecule has 0 aromatic heterocycles. The van der Waals surface area contributed by atoms with Crippen molar-refractivity contribution >= 4 is 29.5 Å². The summed E-state index contributed by atoms with van der Waals surface area (Å²) >= 11 is 1.53. The largest absolute Gasteiger partial charge is 0.465 e. The smallest absolute Gasteiger partial charge is 0.311 e. The molecule has 2 fully saturated rings. The number of fused-ring (bicyclic) bond motifs is 2. The molecule has 1 aromatic rings. The Morgan fingerprint density at radius 2 is 1.86 bits per heavy atom. The number of esters is 1. The third-order valence-electron chi connectivity index (χ3n) is 7.64. The first kappa shape index (κ1) is 24.1. The number of β-amino-alcohol motifs (C(OH)–C–C–N with tert-alkyl or cyclic N) is 1. The van der Waals surface area contributed by atoms with Crippen LogP contribution in [0.2, 0.25) is 0 Å². The fraction of sp³-hybridized carbons (Fsp3) is 0.519. The van der Waals surface area contributed by atoms with Crippen LogP contribution in [0.4, 0.5) is 0 Å². The molecule has 2 saturated heterocycles. The molecule has 1 aromatic carbocycles. The Morgan fingerprint density at radius 1 is 1.06 bits per heavy atom. The Morgan fingerprint density at radius 3 is 2.63 bits per heavy atom. The van der Waals surface area contributed by atoms with Crippen molar-refractivity contribution in [2.45, 2.75) is 48.3 Å². The number of hydrogen-bond acceptors (Lipinski definition) is 6. The van der Waals surface area contributed by atoms with Gasteiger partial charge >= 0.3 is 5.97 Å². The second-order valence-electron chi connectivity index (χ2n) is 9.92. The van der Waals surface area contributed by atoms with Crippen LogP contribution >= 0.6 is 11.8 Å². The normalized spacial score (nSPS) is 35.7. The number of aliphatic hydroxyl groups is 1. The molecule has 0 saturated carbocycles. The minimum Gasteiger partial charge on any atom is -0.465 e. The Labute approximate surface area is 210 Å². The minimum absolute atomic E-state index is 0.0510. The first-order valence-corrected chi connectivity index (χ1v) is 13.2. The first-order valence-electron chi connectivity index (χ1n) is 12.4. The van der Waals surface area contributed by atoms with E-state index in [-0.39, 0.29) is 30.9 Å². The Balaban J connectivity index is 1.58. The summed E-state index contributed by atoms with van der Waals surface area (Å²) in [4.78, 5) is 44.7. The lowest BCUT2D eigenvalue weighted by Crippen LogP contribution is -2.53. The molecule has 0 bridgehead atoms. The average molecular weight is 497 g/mol. The monoisotopic (exact) mass is 496 g/mol. The molecule has 0 radical (unpaired) electrons. The molecule has 186 valence electrons. The minimum atomic E-state index is -0.911. The van der Waals surface area contributed by atoms with Crippen molar-refractivity contribution in [3.63, 3.8) is 0 Å². The number of carbonyl (C=O) groups is 3. The van der Waals surface area contributed by atoms with Gasteiger partial charge in [-0.25, -0.2) is 0 Å². The fourth-order valence-corrected chi connectivity index (χ4v) is 8.29. The van der Waals surface area contributed by atoms with Gasteiger partial charge in [-0.15, -0.1) is 11.8 Å². The van der Waals surface area contributed by atoms with Crippen LogP contribution in [0.25, 0.3) is 0 Å². The van der Waals surface area contributed by atoms with E-state index >= 15 is 0 Å². The predicted octanol–water partition coefficient (Wildman–Crippen LogP) is 2.55. The molecule has 1 N–H and O–H groups in total. The maximum absolute atomic E-state index is 14.1. The number of hydrogen-bond donors (Lipinski definition) is 1. The van der Waals surface area contributed by atoms with Crippen LogP contribution in [-0.2, 0) is 25.7 Å². The number of amides is 2. The van der Waals surface area contributed by atoms with E-state index in [1.165, 1.54) is 16.7 Å². The lowest BCUT2D eigenvalue weighted by atomic mass is 9.74. The van der Waals surface area contributed by atoms with Gasteiger partial charge in [0.05, 0.1) is 29.8 Å². The molecule has 0 aliphatic carbocycles. The molecule has 4 heterocycles. The third-order valence-corrected chi connectivity index (χ3v) is 9.44. The summed E-state index contributed by atoms with van der Waals surface area (Å²) in [5.41, 5.74) is 1.01. The van der Waals surface area contributed by atoms with Crippen molar-refractivity contribution in [1.29, 1.82) is 0 Å². The van der Waals surface area contributed by atoms with Gasteiger partial charge in [0.2, 0.25) is 11.8 Å². The number of rotatable bonds is 4. The van der Waals surface area contributed by atoms with E-state index < -0.39 is 27.4 Å². The van der Waals surface area contributed by atoms with Crippen LogP contribution < -0.4 is 0 Å². The number of aliphatic hydroxyl groups excluding tert-OH is 1. The van der Waals surface area contributed by atoms with Crippen LogP contribution in [0.3, 0.4) is 0 Å². The van der Waals surface area contributed by atoms with E-state index in [4.69, 9.17) is 4.74 Å². The number of nitrogens with zero attached hydrogens (tertiary/aromatic N) is 2. The van der Waals surface area contributed by atoms with Crippen molar-refractivity contribution in [2.75, 3.05) is 26.3 Å².